The zero-order valence-corrected chi connectivity index (χ0v) is 19.2. The molecule has 1 N–H and O–H groups in total. The smallest absolute Gasteiger partial charge is 0.326 e. The number of rotatable bonds is 7. The molecule has 3 aromatic rings. The van der Waals surface area contributed by atoms with E-state index in [-0.39, 0.29) is 24.2 Å². The van der Waals surface area contributed by atoms with Crippen LogP contribution in [0.15, 0.2) is 42.5 Å². The second kappa shape index (κ2) is 9.25. The number of fused-ring (bicyclic) bond motifs is 3. The van der Waals surface area contributed by atoms with Crippen LogP contribution in [-0.2, 0) is 28.9 Å². The Hall–Kier alpha value is -3.35. The SMILES string of the molecule is CCC(C(=O)O)n1c2c(c3cc(F)ccc31)CC(N(C)C(=O)Cc1ccc(OC)cc1)CC2. The summed E-state index contributed by atoms with van der Waals surface area (Å²) in [6, 6.07) is 11.2. The molecule has 7 heteroatoms. The zero-order chi connectivity index (χ0) is 23.7. The van der Waals surface area contributed by atoms with Crippen LogP contribution in [0.2, 0.25) is 0 Å². The summed E-state index contributed by atoms with van der Waals surface area (Å²) < 4.78 is 21.2. The van der Waals surface area contributed by atoms with Gasteiger partial charge >= 0.3 is 5.97 Å². The minimum Gasteiger partial charge on any atom is -0.497 e. The highest BCUT2D eigenvalue weighted by Crippen LogP contribution is 2.37. The number of halogens is 1. The van der Waals surface area contributed by atoms with Crippen molar-refractivity contribution in [2.45, 2.75) is 51.1 Å². The van der Waals surface area contributed by atoms with E-state index in [4.69, 9.17) is 4.74 Å². The van der Waals surface area contributed by atoms with Crippen LogP contribution in [0.4, 0.5) is 4.39 Å². The third-order valence-electron chi connectivity index (χ3n) is 6.78. The second-order valence-electron chi connectivity index (χ2n) is 8.65. The van der Waals surface area contributed by atoms with Crippen LogP contribution in [0.5, 0.6) is 5.75 Å². The van der Waals surface area contributed by atoms with Gasteiger partial charge in [-0.25, -0.2) is 9.18 Å². The molecular formula is C26H29FN2O4. The summed E-state index contributed by atoms with van der Waals surface area (Å²) in [4.78, 5) is 26.7. The van der Waals surface area contributed by atoms with Crippen molar-refractivity contribution in [1.29, 1.82) is 0 Å². The highest BCUT2D eigenvalue weighted by Gasteiger charge is 2.32. The molecule has 1 aliphatic carbocycles. The Balaban J connectivity index is 1.62. The lowest BCUT2D eigenvalue weighted by molar-refractivity contribution is -0.141. The number of likely N-dealkylation sites (N-methyl/N-ethyl adjacent to an activating group) is 1. The van der Waals surface area contributed by atoms with Crippen molar-refractivity contribution < 1.29 is 23.8 Å². The number of aromatic nitrogens is 1. The van der Waals surface area contributed by atoms with Crippen molar-refractivity contribution in [3.8, 4) is 5.75 Å². The molecule has 0 radical (unpaired) electrons. The predicted octanol–water partition coefficient (Wildman–Crippen LogP) is 4.38. The monoisotopic (exact) mass is 452 g/mol. The summed E-state index contributed by atoms with van der Waals surface area (Å²) in [6.07, 6.45) is 2.67. The molecule has 1 aromatic heterocycles. The van der Waals surface area contributed by atoms with Gasteiger partial charge < -0.3 is 19.3 Å². The summed E-state index contributed by atoms with van der Waals surface area (Å²) in [5, 5.41) is 10.5. The Labute approximate surface area is 192 Å². The Morgan fingerprint density at radius 3 is 2.61 bits per heavy atom. The number of carboxylic acids is 1. The van der Waals surface area contributed by atoms with Crippen LogP contribution in [0.3, 0.4) is 0 Å². The van der Waals surface area contributed by atoms with Gasteiger partial charge in [-0.1, -0.05) is 19.1 Å². The number of carboxylic acid groups (broad SMARTS) is 1. The molecule has 2 atom stereocenters. The van der Waals surface area contributed by atoms with Crippen molar-refractivity contribution in [2.75, 3.05) is 14.2 Å². The number of methoxy groups -OCH3 is 1. The number of benzene rings is 2. The predicted molar refractivity (Wildman–Crippen MR) is 124 cm³/mol. The van der Waals surface area contributed by atoms with E-state index in [1.54, 1.807) is 18.1 Å². The fourth-order valence-corrected chi connectivity index (χ4v) is 4.95. The van der Waals surface area contributed by atoms with Crippen LogP contribution >= 0.6 is 0 Å². The highest BCUT2D eigenvalue weighted by molar-refractivity contribution is 5.88. The van der Waals surface area contributed by atoms with E-state index >= 15 is 0 Å². The van der Waals surface area contributed by atoms with E-state index in [1.165, 1.54) is 12.1 Å². The van der Waals surface area contributed by atoms with Gasteiger partial charge in [-0.15, -0.1) is 0 Å². The van der Waals surface area contributed by atoms with Crippen LogP contribution in [0.1, 0.15) is 42.6 Å². The quantitative estimate of drug-likeness (QED) is 0.577. The maximum Gasteiger partial charge on any atom is 0.326 e. The number of ether oxygens (including phenoxy) is 1. The molecule has 0 saturated carbocycles. The lowest BCUT2D eigenvalue weighted by Crippen LogP contribution is -2.41. The number of carbonyl (C=O) groups is 2. The van der Waals surface area contributed by atoms with Crippen molar-refractivity contribution in [3.63, 3.8) is 0 Å². The highest BCUT2D eigenvalue weighted by atomic mass is 19.1. The molecule has 0 aliphatic heterocycles. The van der Waals surface area contributed by atoms with Crippen molar-refractivity contribution in [1.82, 2.24) is 9.47 Å². The first-order chi connectivity index (χ1) is 15.8. The van der Waals surface area contributed by atoms with E-state index in [0.29, 0.717) is 19.3 Å². The summed E-state index contributed by atoms with van der Waals surface area (Å²) in [5.41, 5.74) is 3.54. The van der Waals surface area contributed by atoms with E-state index in [2.05, 4.69) is 0 Å². The van der Waals surface area contributed by atoms with Gasteiger partial charge in [0.25, 0.3) is 0 Å². The third kappa shape index (κ3) is 4.32. The summed E-state index contributed by atoms with van der Waals surface area (Å²) >= 11 is 0. The topological polar surface area (TPSA) is 71.8 Å². The number of hydrogen-bond donors (Lipinski definition) is 1. The van der Waals surface area contributed by atoms with Gasteiger partial charge in [0, 0.05) is 29.7 Å². The first-order valence-electron chi connectivity index (χ1n) is 11.3. The van der Waals surface area contributed by atoms with Gasteiger partial charge in [-0.3, -0.25) is 4.79 Å². The zero-order valence-electron chi connectivity index (χ0n) is 19.2. The molecule has 2 aromatic carbocycles. The number of aliphatic carboxylic acids is 1. The van der Waals surface area contributed by atoms with Crippen molar-refractivity contribution in [3.05, 3.63) is 65.1 Å². The lowest BCUT2D eigenvalue weighted by Gasteiger charge is -2.32. The fourth-order valence-electron chi connectivity index (χ4n) is 4.95. The normalized spacial score (nSPS) is 16.3. The van der Waals surface area contributed by atoms with Gasteiger partial charge in [0.15, 0.2) is 0 Å². The molecule has 2 unspecified atom stereocenters. The van der Waals surface area contributed by atoms with E-state index < -0.39 is 12.0 Å². The largest absolute Gasteiger partial charge is 0.497 e. The van der Waals surface area contributed by atoms with Gasteiger partial charge in [-0.2, -0.15) is 0 Å². The van der Waals surface area contributed by atoms with Crippen LogP contribution in [-0.4, -0.2) is 46.6 Å². The average molecular weight is 453 g/mol. The molecule has 0 saturated heterocycles. The minimum absolute atomic E-state index is 0.0144. The molecule has 0 bridgehead atoms. The Morgan fingerprint density at radius 1 is 1.24 bits per heavy atom. The summed E-state index contributed by atoms with van der Waals surface area (Å²) in [5.74, 6) is -0.484. The molecule has 1 amide bonds. The first-order valence-corrected chi connectivity index (χ1v) is 11.3. The van der Waals surface area contributed by atoms with Crippen LogP contribution in [0, 0.1) is 5.82 Å². The van der Waals surface area contributed by atoms with Gasteiger partial charge in [0.1, 0.15) is 17.6 Å². The van der Waals surface area contributed by atoms with Crippen LogP contribution < -0.4 is 4.74 Å². The molecule has 174 valence electrons. The average Bonchev–Trinajstić information content (AvgIpc) is 3.12. The van der Waals surface area contributed by atoms with Crippen molar-refractivity contribution in [2.24, 2.45) is 0 Å². The first kappa shape index (κ1) is 22.8. The Morgan fingerprint density at radius 2 is 1.97 bits per heavy atom. The number of hydrogen-bond acceptors (Lipinski definition) is 3. The maximum atomic E-state index is 14.1. The Kier molecular flexibility index (Phi) is 6.40. The number of carbonyl (C=O) groups excluding carboxylic acids is 1. The van der Waals surface area contributed by atoms with Crippen LogP contribution in [0.25, 0.3) is 10.9 Å². The second-order valence-corrected chi connectivity index (χ2v) is 8.65. The molecule has 1 aliphatic rings. The third-order valence-corrected chi connectivity index (χ3v) is 6.78. The fraction of sp³-hybridized carbons (Fsp3) is 0.385. The van der Waals surface area contributed by atoms with E-state index in [0.717, 1.165) is 39.9 Å². The summed E-state index contributed by atoms with van der Waals surface area (Å²) in [6.45, 7) is 1.85. The van der Waals surface area contributed by atoms with E-state index in [1.807, 2.05) is 42.8 Å². The molecule has 4 rings (SSSR count). The molecule has 33 heavy (non-hydrogen) atoms. The van der Waals surface area contributed by atoms with Crippen molar-refractivity contribution >= 4 is 22.8 Å². The lowest BCUT2D eigenvalue weighted by atomic mass is 9.90. The van der Waals surface area contributed by atoms with E-state index in [9.17, 15) is 19.1 Å². The number of nitrogens with zero attached hydrogens (tertiary/aromatic N) is 2. The van der Waals surface area contributed by atoms with Gasteiger partial charge in [-0.05, 0) is 67.1 Å². The number of amides is 1. The Bertz CT molecular complexity index is 1190. The molecule has 0 spiro atoms. The van der Waals surface area contributed by atoms with Gasteiger partial charge in [0.05, 0.1) is 13.5 Å². The molecule has 6 nitrogen and oxygen atoms in total. The molecule has 1 heterocycles. The molecule has 0 fully saturated rings. The maximum absolute atomic E-state index is 14.1. The molecular weight excluding hydrogens is 423 g/mol. The minimum atomic E-state index is -0.893. The van der Waals surface area contributed by atoms with Gasteiger partial charge in [0.2, 0.25) is 5.91 Å². The summed E-state index contributed by atoms with van der Waals surface area (Å²) in [7, 11) is 3.42. The standard InChI is InChI=1S/C26H29FN2O4/c1-4-22(26(31)32)29-23-11-7-17(27)14-20(23)21-15-18(8-12-24(21)29)28(2)25(30)13-16-5-9-19(33-3)10-6-16/h5-7,9-11,14,18,22H,4,8,12-13,15H2,1-3H3,(H,31,32).